The summed E-state index contributed by atoms with van der Waals surface area (Å²) in [6.07, 6.45) is 6.87. The Balaban J connectivity index is 1.40. The molecule has 0 bridgehead atoms. The summed E-state index contributed by atoms with van der Waals surface area (Å²) in [5, 5.41) is 8.68. The first-order valence-electron chi connectivity index (χ1n) is 12.3. The molecular weight excluding hydrogens is 464 g/mol. The van der Waals surface area contributed by atoms with Gasteiger partial charge in [-0.1, -0.05) is 6.07 Å². The van der Waals surface area contributed by atoms with Crippen molar-refractivity contribution < 1.29 is 13.2 Å². The first kappa shape index (κ1) is 23.7. The Morgan fingerprint density at radius 1 is 0.971 bits per heavy atom. The summed E-state index contributed by atoms with van der Waals surface area (Å²) >= 11 is 0. The number of anilines is 1. The van der Waals surface area contributed by atoms with E-state index < -0.39 is 10.0 Å². The monoisotopic (exact) mass is 496 g/mol. The third-order valence-electron chi connectivity index (χ3n) is 7.16. The summed E-state index contributed by atoms with van der Waals surface area (Å²) in [6.45, 7) is 2.94. The molecule has 5 rings (SSSR count). The Kier molecular flexibility index (Phi) is 6.50. The van der Waals surface area contributed by atoms with Gasteiger partial charge in [0.25, 0.3) is 5.91 Å². The van der Waals surface area contributed by atoms with Crippen molar-refractivity contribution in [3.05, 3.63) is 54.0 Å². The predicted molar refractivity (Wildman–Crippen MR) is 134 cm³/mol. The first-order valence-corrected chi connectivity index (χ1v) is 13.7. The molecule has 35 heavy (non-hydrogen) atoms. The maximum Gasteiger partial charge on any atom is 0.256 e. The molecule has 2 aromatic heterocycles. The minimum atomic E-state index is -3.64. The molecule has 3 aromatic rings. The summed E-state index contributed by atoms with van der Waals surface area (Å²) in [6, 6.07) is 10.9. The lowest BCUT2D eigenvalue weighted by molar-refractivity contribution is 0.0711. The zero-order chi connectivity index (χ0) is 24.6. The lowest BCUT2D eigenvalue weighted by Gasteiger charge is -2.34. The number of aromatic nitrogens is 3. The van der Waals surface area contributed by atoms with Crippen LogP contribution in [0.15, 0.2) is 47.5 Å². The van der Waals surface area contributed by atoms with Crippen LogP contribution in [0.3, 0.4) is 0 Å². The van der Waals surface area contributed by atoms with E-state index in [1.165, 1.54) is 24.8 Å². The van der Waals surface area contributed by atoms with Gasteiger partial charge in [-0.15, -0.1) is 10.2 Å². The second-order valence-electron chi connectivity index (χ2n) is 9.57. The van der Waals surface area contributed by atoms with E-state index in [9.17, 15) is 13.2 Å². The summed E-state index contributed by atoms with van der Waals surface area (Å²) < 4.78 is 28.9. The molecule has 0 N–H and O–H groups in total. The van der Waals surface area contributed by atoms with E-state index in [4.69, 9.17) is 0 Å². The lowest BCUT2D eigenvalue weighted by Crippen LogP contribution is -2.40. The zero-order valence-electron chi connectivity index (χ0n) is 20.3. The van der Waals surface area contributed by atoms with Crippen molar-refractivity contribution in [3.63, 3.8) is 0 Å². The number of likely N-dealkylation sites (tertiary alicyclic amines) is 1. The number of benzene rings is 1. The number of piperidine rings is 2. The number of hydrogen-bond acceptors (Lipinski definition) is 6. The van der Waals surface area contributed by atoms with Crippen LogP contribution in [0.4, 0.5) is 5.69 Å². The number of carbonyl (C=O) groups is 1. The fraction of sp³-hybridized carbons (Fsp3) is 0.480. The van der Waals surface area contributed by atoms with E-state index in [-0.39, 0.29) is 16.7 Å². The number of sulfonamides is 1. The van der Waals surface area contributed by atoms with Crippen LogP contribution in [0.5, 0.6) is 0 Å². The van der Waals surface area contributed by atoms with Gasteiger partial charge < -0.3 is 9.80 Å². The maximum atomic E-state index is 13.8. The zero-order valence-corrected chi connectivity index (χ0v) is 21.1. The highest BCUT2D eigenvalue weighted by molar-refractivity contribution is 7.89. The van der Waals surface area contributed by atoms with E-state index in [1.54, 1.807) is 12.1 Å². The number of amides is 1. The lowest BCUT2D eigenvalue weighted by atomic mass is 9.95. The van der Waals surface area contributed by atoms with Crippen molar-refractivity contribution in [2.24, 2.45) is 0 Å². The fourth-order valence-electron chi connectivity index (χ4n) is 5.12. The van der Waals surface area contributed by atoms with Crippen LogP contribution in [0, 0.1) is 0 Å². The molecule has 2 saturated heterocycles. The Labute approximate surface area is 206 Å². The minimum absolute atomic E-state index is 0.106. The molecule has 0 aliphatic carbocycles. The smallest absolute Gasteiger partial charge is 0.256 e. The molecule has 4 heterocycles. The van der Waals surface area contributed by atoms with Crippen LogP contribution in [0.25, 0.3) is 5.65 Å². The Hall–Kier alpha value is -2.98. The molecule has 0 radical (unpaired) electrons. The van der Waals surface area contributed by atoms with Gasteiger partial charge in [0.2, 0.25) is 10.0 Å². The highest BCUT2D eigenvalue weighted by Crippen LogP contribution is 2.32. The average Bonchev–Trinajstić information content (AvgIpc) is 3.32. The van der Waals surface area contributed by atoms with Crippen molar-refractivity contribution >= 4 is 27.3 Å². The molecule has 1 amide bonds. The number of nitrogens with zero attached hydrogens (tertiary/aromatic N) is 6. The normalized spacial score (nSPS) is 17.9. The third kappa shape index (κ3) is 4.52. The van der Waals surface area contributed by atoms with Crippen LogP contribution in [-0.4, -0.2) is 78.4 Å². The Morgan fingerprint density at radius 3 is 2.43 bits per heavy atom. The number of fused-ring (bicyclic) bond motifs is 1. The molecular formula is C25H32N6O3S. The molecule has 2 aliphatic heterocycles. The molecule has 0 atom stereocenters. The average molecular weight is 497 g/mol. The number of carbonyl (C=O) groups excluding carboxylic acids is 1. The molecule has 0 spiro atoms. The van der Waals surface area contributed by atoms with E-state index in [2.05, 4.69) is 15.1 Å². The van der Waals surface area contributed by atoms with E-state index in [0.717, 1.165) is 55.9 Å². The van der Waals surface area contributed by atoms with Gasteiger partial charge in [-0.3, -0.25) is 9.20 Å². The van der Waals surface area contributed by atoms with Crippen molar-refractivity contribution in [1.82, 2.24) is 23.8 Å². The molecule has 9 nitrogen and oxygen atoms in total. The van der Waals surface area contributed by atoms with Gasteiger partial charge in [-0.2, -0.15) is 0 Å². The maximum absolute atomic E-state index is 13.8. The topological polar surface area (TPSA) is 91.1 Å². The van der Waals surface area contributed by atoms with E-state index >= 15 is 0 Å². The van der Waals surface area contributed by atoms with Gasteiger partial charge in [-0.25, -0.2) is 12.7 Å². The van der Waals surface area contributed by atoms with Crippen LogP contribution in [-0.2, 0) is 10.0 Å². The van der Waals surface area contributed by atoms with Crippen molar-refractivity contribution in [2.45, 2.75) is 42.9 Å². The second kappa shape index (κ2) is 9.58. The fourth-order valence-corrected chi connectivity index (χ4v) is 6.05. The minimum Gasteiger partial charge on any atom is -0.371 e. The van der Waals surface area contributed by atoms with Crippen molar-refractivity contribution in [3.8, 4) is 0 Å². The number of rotatable bonds is 5. The summed E-state index contributed by atoms with van der Waals surface area (Å²) in [4.78, 5) is 18.0. The third-order valence-corrected chi connectivity index (χ3v) is 8.97. The van der Waals surface area contributed by atoms with Gasteiger partial charge >= 0.3 is 0 Å². The van der Waals surface area contributed by atoms with Gasteiger partial charge in [0, 0.05) is 58.1 Å². The van der Waals surface area contributed by atoms with E-state index in [1.807, 2.05) is 39.8 Å². The molecule has 1 aromatic carbocycles. The molecule has 2 fully saturated rings. The quantitative estimate of drug-likeness (QED) is 0.539. The van der Waals surface area contributed by atoms with E-state index in [0.29, 0.717) is 18.7 Å². The second-order valence-corrected chi connectivity index (χ2v) is 11.7. The van der Waals surface area contributed by atoms with Gasteiger partial charge in [-0.05, 0) is 62.4 Å². The summed E-state index contributed by atoms with van der Waals surface area (Å²) in [5.41, 5.74) is 2.13. The molecule has 0 saturated carbocycles. The number of hydrogen-bond donors (Lipinski definition) is 0. The Bertz CT molecular complexity index is 1320. The molecule has 0 unspecified atom stereocenters. The first-order chi connectivity index (χ1) is 16.9. The van der Waals surface area contributed by atoms with Crippen molar-refractivity contribution in [2.75, 3.05) is 45.2 Å². The Morgan fingerprint density at radius 2 is 1.71 bits per heavy atom. The number of pyridine rings is 1. The van der Waals surface area contributed by atoms with Gasteiger partial charge in [0.1, 0.15) is 5.82 Å². The van der Waals surface area contributed by atoms with Gasteiger partial charge in [0.05, 0.1) is 10.5 Å². The van der Waals surface area contributed by atoms with Crippen LogP contribution >= 0.6 is 0 Å². The predicted octanol–water partition coefficient (Wildman–Crippen LogP) is 2.99. The summed E-state index contributed by atoms with van der Waals surface area (Å²) in [7, 11) is -0.628. The van der Waals surface area contributed by atoms with Crippen LogP contribution in [0.2, 0.25) is 0 Å². The SMILES string of the molecule is CN(C)S(=O)(=O)c1ccc(N2CCCCC2)c(C(=O)N2CCC(c3nnc4ccccn34)CC2)c1. The summed E-state index contributed by atoms with van der Waals surface area (Å²) in [5.74, 6) is 1.05. The molecule has 2 aliphatic rings. The molecule has 10 heteroatoms. The highest BCUT2D eigenvalue weighted by atomic mass is 32.2. The van der Waals surface area contributed by atoms with Crippen LogP contribution < -0.4 is 4.90 Å². The largest absolute Gasteiger partial charge is 0.371 e. The highest BCUT2D eigenvalue weighted by Gasteiger charge is 2.30. The molecule has 186 valence electrons. The van der Waals surface area contributed by atoms with Crippen LogP contribution in [0.1, 0.15) is 54.2 Å². The van der Waals surface area contributed by atoms with Gasteiger partial charge in [0.15, 0.2) is 5.65 Å². The van der Waals surface area contributed by atoms with Crippen molar-refractivity contribution in [1.29, 1.82) is 0 Å². The standard InChI is InChI=1S/C25H32N6O3S/c1-28(2)35(33,34)20-9-10-22(29-13-5-3-6-14-29)21(18-20)25(32)30-16-11-19(12-17-30)24-27-26-23-8-4-7-15-31(23)24/h4,7-10,15,18-19H,3,5-6,11-14,16-17H2,1-2H3.